The van der Waals surface area contributed by atoms with Crippen molar-refractivity contribution in [3.8, 4) is 0 Å². The minimum absolute atomic E-state index is 0.207. The summed E-state index contributed by atoms with van der Waals surface area (Å²) in [7, 11) is 1.43. The van der Waals surface area contributed by atoms with Crippen LogP contribution in [0.25, 0.3) is 0 Å². The van der Waals surface area contributed by atoms with Crippen LogP contribution in [0, 0.1) is 11.8 Å². The predicted octanol–water partition coefficient (Wildman–Crippen LogP) is 1.07. The fourth-order valence-corrected chi connectivity index (χ4v) is 3.11. The van der Waals surface area contributed by atoms with Crippen LogP contribution in [0.1, 0.15) is 32.1 Å². The van der Waals surface area contributed by atoms with Crippen LogP contribution in [0.15, 0.2) is 0 Å². The zero-order valence-electron chi connectivity index (χ0n) is 8.08. The molecule has 2 aliphatic rings. The Bertz CT molecular complexity index is 229. The van der Waals surface area contributed by atoms with Gasteiger partial charge in [0.15, 0.2) is 0 Å². The van der Waals surface area contributed by atoms with Crippen LogP contribution in [0.4, 0.5) is 0 Å². The van der Waals surface area contributed by atoms with Crippen LogP contribution in [0.5, 0.6) is 0 Å². The Morgan fingerprint density at radius 3 is 2.92 bits per heavy atom. The molecule has 2 N–H and O–H groups in total. The van der Waals surface area contributed by atoms with Crippen LogP contribution < -0.4 is 5.73 Å². The molecule has 1 unspecified atom stereocenters. The summed E-state index contributed by atoms with van der Waals surface area (Å²) in [5.74, 6) is 0.867. The Kier molecular flexibility index (Phi) is 2.06. The third kappa shape index (κ3) is 1.17. The molecule has 0 saturated heterocycles. The van der Waals surface area contributed by atoms with Crippen LogP contribution in [-0.4, -0.2) is 18.6 Å². The summed E-state index contributed by atoms with van der Waals surface area (Å²) in [6.07, 6.45) is 5.51. The molecule has 0 aromatic rings. The van der Waals surface area contributed by atoms with Gasteiger partial charge in [0, 0.05) is 0 Å². The fraction of sp³-hybridized carbons (Fsp3) is 0.900. The van der Waals surface area contributed by atoms with Crippen molar-refractivity contribution in [3.05, 3.63) is 0 Å². The molecular weight excluding hydrogens is 166 g/mol. The van der Waals surface area contributed by atoms with Gasteiger partial charge in [-0.1, -0.05) is 12.8 Å². The van der Waals surface area contributed by atoms with E-state index in [2.05, 4.69) is 0 Å². The molecule has 0 spiro atoms. The van der Waals surface area contributed by atoms with Gasteiger partial charge in [-0.05, 0) is 31.1 Å². The van der Waals surface area contributed by atoms with E-state index in [0.29, 0.717) is 11.8 Å². The summed E-state index contributed by atoms with van der Waals surface area (Å²) in [5, 5.41) is 0. The molecule has 2 rings (SSSR count). The Balaban J connectivity index is 2.18. The van der Waals surface area contributed by atoms with E-state index in [-0.39, 0.29) is 5.97 Å². The van der Waals surface area contributed by atoms with Crippen molar-refractivity contribution >= 4 is 5.97 Å². The molecule has 0 bridgehead atoms. The van der Waals surface area contributed by atoms with E-state index in [1.807, 2.05) is 0 Å². The first-order chi connectivity index (χ1) is 6.18. The molecule has 0 aromatic heterocycles. The SMILES string of the molecule is COC(=O)C1(N)CC[C@@H]2CCC[C@@H]21. The second-order valence-corrected chi connectivity index (χ2v) is 4.37. The van der Waals surface area contributed by atoms with Crippen molar-refractivity contribution in [3.63, 3.8) is 0 Å². The molecule has 0 radical (unpaired) electrons. The number of carbonyl (C=O) groups excluding carboxylic acids is 1. The van der Waals surface area contributed by atoms with Crippen molar-refractivity contribution in [1.82, 2.24) is 0 Å². The molecule has 0 aromatic carbocycles. The van der Waals surface area contributed by atoms with Gasteiger partial charge in [0.1, 0.15) is 5.54 Å². The van der Waals surface area contributed by atoms with Crippen molar-refractivity contribution in [2.45, 2.75) is 37.6 Å². The number of ether oxygens (including phenoxy) is 1. The maximum Gasteiger partial charge on any atom is 0.326 e. The smallest absolute Gasteiger partial charge is 0.326 e. The van der Waals surface area contributed by atoms with Gasteiger partial charge < -0.3 is 10.5 Å². The number of fused-ring (bicyclic) bond motifs is 1. The van der Waals surface area contributed by atoms with Gasteiger partial charge in [0.05, 0.1) is 7.11 Å². The molecular formula is C10H17NO2. The van der Waals surface area contributed by atoms with Crippen molar-refractivity contribution in [2.24, 2.45) is 17.6 Å². The summed E-state index contributed by atoms with van der Waals surface area (Å²) >= 11 is 0. The molecule has 3 atom stereocenters. The summed E-state index contributed by atoms with van der Waals surface area (Å²) in [5.41, 5.74) is 5.47. The highest BCUT2D eigenvalue weighted by Crippen LogP contribution is 2.48. The van der Waals surface area contributed by atoms with Gasteiger partial charge >= 0.3 is 5.97 Å². The summed E-state index contributed by atoms with van der Waals surface area (Å²) < 4.78 is 4.78. The number of rotatable bonds is 1. The average molecular weight is 183 g/mol. The number of carbonyl (C=O) groups is 1. The molecule has 74 valence electrons. The zero-order chi connectivity index (χ0) is 9.47. The average Bonchev–Trinajstić information content (AvgIpc) is 2.69. The first kappa shape index (κ1) is 9.00. The van der Waals surface area contributed by atoms with E-state index in [4.69, 9.17) is 10.5 Å². The Hall–Kier alpha value is -0.570. The second kappa shape index (κ2) is 2.98. The predicted molar refractivity (Wildman–Crippen MR) is 49.0 cm³/mol. The van der Waals surface area contributed by atoms with Crippen molar-refractivity contribution in [2.75, 3.05) is 7.11 Å². The lowest BCUT2D eigenvalue weighted by Crippen LogP contribution is -2.51. The molecule has 0 amide bonds. The van der Waals surface area contributed by atoms with Crippen LogP contribution >= 0.6 is 0 Å². The summed E-state index contributed by atoms with van der Waals surface area (Å²) in [4.78, 5) is 11.5. The lowest BCUT2D eigenvalue weighted by Gasteiger charge is -2.27. The molecule has 3 heteroatoms. The van der Waals surface area contributed by atoms with E-state index in [1.165, 1.54) is 20.0 Å². The minimum atomic E-state index is -0.657. The van der Waals surface area contributed by atoms with Crippen LogP contribution in [0.2, 0.25) is 0 Å². The summed E-state index contributed by atoms with van der Waals surface area (Å²) in [6.45, 7) is 0. The van der Waals surface area contributed by atoms with Crippen LogP contribution in [0.3, 0.4) is 0 Å². The molecule has 0 aliphatic heterocycles. The highest BCUT2D eigenvalue weighted by atomic mass is 16.5. The van der Waals surface area contributed by atoms with E-state index >= 15 is 0 Å². The lowest BCUT2D eigenvalue weighted by atomic mass is 9.85. The van der Waals surface area contributed by atoms with Gasteiger partial charge in [0.25, 0.3) is 0 Å². The first-order valence-corrected chi connectivity index (χ1v) is 5.06. The van der Waals surface area contributed by atoms with E-state index < -0.39 is 5.54 Å². The molecule has 0 heterocycles. The van der Waals surface area contributed by atoms with E-state index in [0.717, 1.165) is 19.3 Å². The minimum Gasteiger partial charge on any atom is -0.468 e. The standard InChI is InChI=1S/C10H17NO2/c1-13-9(12)10(11)6-5-7-3-2-4-8(7)10/h7-8H,2-6,11H2,1H3/t7-,8-,10?/m0/s1. The van der Waals surface area contributed by atoms with Gasteiger partial charge in [-0.3, -0.25) is 4.79 Å². The molecule has 13 heavy (non-hydrogen) atoms. The number of methoxy groups -OCH3 is 1. The van der Waals surface area contributed by atoms with Gasteiger partial charge in [-0.15, -0.1) is 0 Å². The monoisotopic (exact) mass is 183 g/mol. The third-order valence-electron chi connectivity index (χ3n) is 3.81. The zero-order valence-corrected chi connectivity index (χ0v) is 8.08. The third-order valence-corrected chi connectivity index (χ3v) is 3.81. The van der Waals surface area contributed by atoms with Crippen molar-refractivity contribution < 1.29 is 9.53 Å². The second-order valence-electron chi connectivity index (χ2n) is 4.37. The van der Waals surface area contributed by atoms with E-state index in [1.54, 1.807) is 0 Å². The van der Waals surface area contributed by atoms with Gasteiger partial charge in [0.2, 0.25) is 0 Å². The largest absolute Gasteiger partial charge is 0.468 e. The van der Waals surface area contributed by atoms with Crippen molar-refractivity contribution in [1.29, 1.82) is 0 Å². The number of hydrogen-bond acceptors (Lipinski definition) is 3. The maximum absolute atomic E-state index is 11.5. The Labute approximate surface area is 78.6 Å². The van der Waals surface area contributed by atoms with Gasteiger partial charge in [-0.25, -0.2) is 0 Å². The number of esters is 1. The highest BCUT2D eigenvalue weighted by Gasteiger charge is 2.52. The Morgan fingerprint density at radius 2 is 2.23 bits per heavy atom. The maximum atomic E-state index is 11.5. The molecule has 2 aliphatic carbocycles. The lowest BCUT2D eigenvalue weighted by molar-refractivity contribution is -0.148. The number of hydrogen-bond donors (Lipinski definition) is 1. The normalized spacial score (nSPS) is 43.2. The number of nitrogens with two attached hydrogens (primary N) is 1. The van der Waals surface area contributed by atoms with E-state index in [9.17, 15) is 4.79 Å². The summed E-state index contributed by atoms with van der Waals surface area (Å²) in [6, 6.07) is 0. The first-order valence-electron chi connectivity index (χ1n) is 5.06. The van der Waals surface area contributed by atoms with Gasteiger partial charge in [-0.2, -0.15) is 0 Å². The Morgan fingerprint density at radius 1 is 1.46 bits per heavy atom. The fourth-order valence-electron chi connectivity index (χ4n) is 3.11. The molecule has 2 fully saturated rings. The topological polar surface area (TPSA) is 52.3 Å². The quantitative estimate of drug-likeness (QED) is 0.618. The molecule has 3 nitrogen and oxygen atoms in total. The molecule has 2 saturated carbocycles. The van der Waals surface area contributed by atoms with Crippen LogP contribution in [-0.2, 0) is 9.53 Å². The highest BCUT2D eigenvalue weighted by molar-refractivity contribution is 5.81.